The van der Waals surface area contributed by atoms with Crippen LogP contribution in [0, 0.1) is 5.82 Å². The third-order valence-electron chi connectivity index (χ3n) is 5.05. The number of rotatable bonds is 7. The lowest BCUT2D eigenvalue weighted by Gasteiger charge is -2.36. The number of piperazine rings is 1. The topological polar surface area (TPSA) is 48.1 Å². The van der Waals surface area contributed by atoms with Gasteiger partial charge in [-0.3, -0.25) is 9.69 Å². The summed E-state index contributed by atoms with van der Waals surface area (Å²) in [7, 11) is 0. The number of para-hydroxylation sites is 1. The smallest absolute Gasteiger partial charge is 0.223 e. The number of benzene rings is 1. The van der Waals surface area contributed by atoms with Crippen molar-refractivity contribution in [1.29, 1.82) is 0 Å². The molecule has 0 atom stereocenters. The fraction of sp³-hybridized carbons (Fsp3) is 0.632. The average Bonchev–Trinajstić information content (AvgIpc) is 2.69. The van der Waals surface area contributed by atoms with E-state index in [0.29, 0.717) is 44.8 Å². The van der Waals surface area contributed by atoms with Crippen molar-refractivity contribution in [2.45, 2.75) is 6.42 Å². The number of hydrogen-bond acceptors (Lipinski definition) is 5. The lowest BCUT2D eigenvalue weighted by Crippen LogP contribution is -2.49. The molecule has 0 unspecified atom stereocenters. The summed E-state index contributed by atoms with van der Waals surface area (Å²) in [6, 6.07) is 6.82. The highest BCUT2D eigenvalue weighted by Crippen LogP contribution is 2.20. The first-order valence-corrected chi connectivity index (χ1v) is 9.52. The van der Waals surface area contributed by atoms with Gasteiger partial charge in [0.2, 0.25) is 5.91 Å². The fourth-order valence-electron chi connectivity index (χ4n) is 3.45. The fourth-order valence-corrected chi connectivity index (χ4v) is 3.45. The number of halogens is 1. The van der Waals surface area contributed by atoms with Crippen molar-refractivity contribution < 1.29 is 13.9 Å². The molecular weight excluding hydrogens is 335 g/mol. The predicted octanol–water partition coefficient (Wildman–Crippen LogP) is 0.786. The van der Waals surface area contributed by atoms with Gasteiger partial charge >= 0.3 is 0 Å². The van der Waals surface area contributed by atoms with Gasteiger partial charge in [0.1, 0.15) is 5.82 Å². The van der Waals surface area contributed by atoms with Crippen LogP contribution < -0.4 is 10.2 Å². The van der Waals surface area contributed by atoms with Crippen LogP contribution in [0.15, 0.2) is 24.3 Å². The maximum Gasteiger partial charge on any atom is 0.223 e. The van der Waals surface area contributed by atoms with E-state index in [2.05, 4.69) is 10.2 Å². The molecule has 2 saturated heterocycles. The van der Waals surface area contributed by atoms with Crippen LogP contribution in [0.2, 0.25) is 0 Å². The van der Waals surface area contributed by atoms with Crippen LogP contribution in [0.3, 0.4) is 0 Å². The van der Waals surface area contributed by atoms with Gasteiger partial charge in [0.05, 0.1) is 18.9 Å². The Kier molecular flexibility index (Phi) is 7.22. The van der Waals surface area contributed by atoms with E-state index in [4.69, 9.17) is 4.74 Å². The third kappa shape index (κ3) is 5.40. The number of morpholine rings is 1. The highest BCUT2D eigenvalue weighted by Gasteiger charge is 2.22. The molecule has 2 fully saturated rings. The van der Waals surface area contributed by atoms with E-state index >= 15 is 0 Å². The number of nitrogens with one attached hydrogen (secondary N) is 1. The number of anilines is 1. The maximum atomic E-state index is 13.9. The average molecular weight is 364 g/mol. The zero-order chi connectivity index (χ0) is 18.2. The van der Waals surface area contributed by atoms with Crippen molar-refractivity contribution in [3.8, 4) is 0 Å². The number of amides is 1. The van der Waals surface area contributed by atoms with Crippen LogP contribution in [0.4, 0.5) is 10.1 Å². The van der Waals surface area contributed by atoms with Crippen LogP contribution >= 0.6 is 0 Å². The second-order valence-corrected chi connectivity index (χ2v) is 6.77. The first kappa shape index (κ1) is 19.1. The number of nitrogens with zero attached hydrogens (tertiary/aromatic N) is 3. The van der Waals surface area contributed by atoms with Crippen LogP contribution in [0.25, 0.3) is 0 Å². The largest absolute Gasteiger partial charge is 0.379 e. The lowest BCUT2D eigenvalue weighted by molar-refractivity contribution is -0.131. The van der Waals surface area contributed by atoms with Crippen molar-refractivity contribution in [3.05, 3.63) is 30.1 Å². The van der Waals surface area contributed by atoms with Gasteiger partial charge in [0.25, 0.3) is 0 Å². The molecule has 2 heterocycles. The van der Waals surface area contributed by atoms with E-state index in [1.807, 2.05) is 15.9 Å². The van der Waals surface area contributed by atoms with Gasteiger partial charge in [-0.05, 0) is 12.1 Å². The van der Waals surface area contributed by atoms with Gasteiger partial charge in [-0.25, -0.2) is 4.39 Å². The normalized spacial score (nSPS) is 19.0. The molecule has 1 aromatic rings. The van der Waals surface area contributed by atoms with E-state index in [-0.39, 0.29) is 11.7 Å². The Morgan fingerprint density at radius 3 is 2.50 bits per heavy atom. The Morgan fingerprint density at radius 1 is 1.04 bits per heavy atom. The summed E-state index contributed by atoms with van der Waals surface area (Å²) in [4.78, 5) is 18.6. The molecule has 144 valence electrons. The maximum absolute atomic E-state index is 13.9. The van der Waals surface area contributed by atoms with Crippen LogP contribution in [-0.4, -0.2) is 87.8 Å². The van der Waals surface area contributed by atoms with E-state index < -0.39 is 0 Å². The van der Waals surface area contributed by atoms with Crippen LogP contribution in [-0.2, 0) is 9.53 Å². The van der Waals surface area contributed by atoms with Gasteiger partial charge in [0.15, 0.2) is 0 Å². The van der Waals surface area contributed by atoms with Crippen LogP contribution in [0.1, 0.15) is 6.42 Å². The molecular formula is C19H29FN4O2. The molecule has 6 nitrogen and oxygen atoms in total. The molecule has 0 spiro atoms. The Labute approximate surface area is 154 Å². The number of ether oxygens (including phenoxy) is 1. The predicted molar refractivity (Wildman–Crippen MR) is 99.9 cm³/mol. The molecule has 1 N–H and O–H groups in total. The van der Waals surface area contributed by atoms with Crippen molar-refractivity contribution >= 4 is 11.6 Å². The Bertz CT molecular complexity index is 572. The van der Waals surface area contributed by atoms with Crippen molar-refractivity contribution in [3.63, 3.8) is 0 Å². The molecule has 0 radical (unpaired) electrons. The zero-order valence-electron chi connectivity index (χ0n) is 15.3. The summed E-state index contributed by atoms with van der Waals surface area (Å²) in [5.74, 6) is -0.0196. The SMILES string of the molecule is O=C(CCNCCN1CCOCC1)N1CCN(c2ccccc2F)CC1. The second-order valence-electron chi connectivity index (χ2n) is 6.77. The van der Waals surface area contributed by atoms with E-state index in [0.717, 1.165) is 39.4 Å². The summed E-state index contributed by atoms with van der Waals surface area (Å²) in [6.07, 6.45) is 0.517. The summed E-state index contributed by atoms with van der Waals surface area (Å²) in [5, 5.41) is 3.35. The highest BCUT2D eigenvalue weighted by molar-refractivity contribution is 5.76. The zero-order valence-corrected chi connectivity index (χ0v) is 15.3. The minimum atomic E-state index is -0.197. The van der Waals surface area contributed by atoms with E-state index in [1.54, 1.807) is 12.1 Å². The molecule has 0 saturated carbocycles. The van der Waals surface area contributed by atoms with Gasteiger partial charge in [-0.2, -0.15) is 0 Å². The molecule has 0 aliphatic carbocycles. The number of carbonyl (C=O) groups is 1. The molecule has 1 aromatic carbocycles. The molecule has 2 aliphatic rings. The Morgan fingerprint density at radius 2 is 1.77 bits per heavy atom. The minimum Gasteiger partial charge on any atom is -0.379 e. The molecule has 7 heteroatoms. The molecule has 1 amide bonds. The van der Waals surface area contributed by atoms with Crippen molar-refractivity contribution in [1.82, 2.24) is 15.1 Å². The third-order valence-corrected chi connectivity index (χ3v) is 5.05. The Hall–Kier alpha value is -1.70. The van der Waals surface area contributed by atoms with Gasteiger partial charge in [0, 0.05) is 65.3 Å². The van der Waals surface area contributed by atoms with Crippen molar-refractivity contribution in [2.75, 3.05) is 77.0 Å². The summed E-state index contributed by atoms with van der Waals surface area (Å²) in [6.45, 7) is 8.88. The van der Waals surface area contributed by atoms with E-state index in [9.17, 15) is 9.18 Å². The van der Waals surface area contributed by atoms with Gasteiger partial charge in [-0.15, -0.1) is 0 Å². The summed E-state index contributed by atoms with van der Waals surface area (Å²) >= 11 is 0. The molecule has 2 aliphatic heterocycles. The first-order valence-electron chi connectivity index (χ1n) is 9.52. The summed E-state index contributed by atoms with van der Waals surface area (Å²) in [5.41, 5.74) is 0.629. The van der Waals surface area contributed by atoms with E-state index in [1.165, 1.54) is 6.07 Å². The van der Waals surface area contributed by atoms with Gasteiger partial charge in [-0.1, -0.05) is 12.1 Å². The molecule has 0 aromatic heterocycles. The van der Waals surface area contributed by atoms with Gasteiger partial charge < -0.3 is 19.9 Å². The lowest BCUT2D eigenvalue weighted by atomic mass is 10.2. The second kappa shape index (κ2) is 9.85. The van der Waals surface area contributed by atoms with Crippen LogP contribution in [0.5, 0.6) is 0 Å². The standard InChI is InChI=1S/C19H29FN4O2/c20-17-3-1-2-4-18(17)23-9-11-24(12-10-23)19(25)5-6-21-7-8-22-13-15-26-16-14-22/h1-4,21H,5-16H2. The van der Waals surface area contributed by atoms with Crippen molar-refractivity contribution in [2.24, 2.45) is 0 Å². The molecule has 3 rings (SSSR count). The Balaban J connectivity index is 1.30. The molecule has 0 bridgehead atoms. The minimum absolute atomic E-state index is 0.178. The monoisotopic (exact) mass is 364 g/mol. The number of hydrogen-bond donors (Lipinski definition) is 1. The first-order chi connectivity index (χ1) is 12.7. The summed E-state index contributed by atoms with van der Waals surface area (Å²) < 4.78 is 19.2. The molecule has 26 heavy (non-hydrogen) atoms. The number of carbonyl (C=O) groups excluding carboxylic acids is 1. The quantitative estimate of drug-likeness (QED) is 0.725. The highest BCUT2D eigenvalue weighted by atomic mass is 19.1.